The Bertz CT molecular complexity index is 386. The third-order valence-corrected chi connectivity index (χ3v) is 3.87. The van der Waals surface area contributed by atoms with Crippen molar-refractivity contribution in [3.63, 3.8) is 0 Å². The maximum atomic E-state index is 10.1. The standard InChI is InChI=1S/C14H20ClNO2/c15-12-4-1-3-11(9-12)14(18)6-8-16-7-2-5-13(16)10-17/h1,3-4,9,13-14,17-18H,2,5-8,10H2. The number of halogens is 1. The fourth-order valence-electron chi connectivity index (χ4n) is 2.56. The Hall–Kier alpha value is -0.610. The van der Waals surface area contributed by atoms with Crippen molar-refractivity contribution in [2.75, 3.05) is 19.7 Å². The van der Waals surface area contributed by atoms with E-state index in [2.05, 4.69) is 4.90 Å². The Balaban J connectivity index is 1.86. The van der Waals surface area contributed by atoms with Gasteiger partial charge in [-0.3, -0.25) is 4.90 Å². The second-order valence-corrected chi connectivity index (χ2v) is 5.31. The highest BCUT2D eigenvalue weighted by Crippen LogP contribution is 2.23. The van der Waals surface area contributed by atoms with Gasteiger partial charge in [0.15, 0.2) is 0 Å². The molecular formula is C14H20ClNO2. The van der Waals surface area contributed by atoms with Crippen molar-refractivity contribution in [1.82, 2.24) is 4.90 Å². The Morgan fingerprint density at radius 2 is 2.28 bits per heavy atom. The zero-order chi connectivity index (χ0) is 13.0. The van der Waals surface area contributed by atoms with Crippen molar-refractivity contribution in [2.24, 2.45) is 0 Å². The van der Waals surface area contributed by atoms with Gasteiger partial charge in [0.1, 0.15) is 0 Å². The Morgan fingerprint density at radius 1 is 1.44 bits per heavy atom. The van der Waals surface area contributed by atoms with Crippen molar-refractivity contribution < 1.29 is 10.2 Å². The molecule has 0 saturated carbocycles. The average Bonchev–Trinajstić information content (AvgIpc) is 2.83. The molecule has 1 saturated heterocycles. The topological polar surface area (TPSA) is 43.7 Å². The highest BCUT2D eigenvalue weighted by atomic mass is 35.5. The lowest BCUT2D eigenvalue weighted by atomic mass is 10.1. The number of likely N-dealkylation sites (tertiary alicyclic amines) is 1. The Kier molecular flexibility index (Phi) is 5.01. The van der Waals surface area contributed by atoms with Crippen LogP contribution in [0.15, 0.2) is 24.3 Å². The molecule has 0 spiro atoms. The minimum atomic E-state index is -0.483. The van der Waals surface area contributed by atoms with Gasteiger partial charge in [0.05, 0.1) is 12.7 Å². The lowest BCUT2D eigenvalue weighted by Gasteiger charge is -2.24. The second kappa shape index (κ2) is 6.53. The maximum absolute atomic E-state index is 10.1. The third-order valence-electron chi connectivity index (χ3n) is 3.63. The molecule has 2 atom stereocenters. The molecule has 2 N–H and O–H groups in total. The smallest absolute Gasteiger partial charge is 0.0802 e. The van der Waals surface area contributed by atoms with Crippen LogP contribution >= 0.6 is 11.6 Å². The normalized spacial score (nSPS) is 22.3. The fraction of sp³-hybridized carbons (Fsp3) is 0.571. The predicted octanol–water partition coefficient (Wildman–Crippen LogP) is 2.22. The molecule has 0 amide bonds. The molecule has 1 heterocycles. The van der Waals surface area contributed by atoms with E-state index in [0.29, 0.717) is 11.4 Å². The zero-order valence-electron chi connectivity index (χ0n) is 10.4. The van der Waals surface area contributed by atoms with Gasteiger partial charge >= 0.3 is 0 Å². The Labute approximate surface area is 113 Å². The molecule has 0 bridgehead atoms. The molecule has 0 aliphatic carbocycles. The first-order chi connectivity index (χ1) is 8.70. The summed E-state index contributed by atoms with van der Waals surface area (Å²) in [7, 11) is 0. The number of hydrogen-bond donors (Lipinski definition) is 2. The number of hydrogen-bond acceptors (Lipinski definition) is 3. The summed E-state index contributed by atoms with van der Waals surface area (Å²) >= 11 is 5.91. The van der Waals surface area contributed by atoms with Gasteiger partial charge in [0.25, 0.3) is 0 Å². The first kappa shape index (κ1) is 13.8. The maximum Gasteiger partial charge on any atom is 0.0802 e. The number of benzene rings is 1. The van der Waals surface area contributed by atoms with Crippen LogP contribution in [0.2, 0.25) is 5.02 Å². The van der Waals surface area contributed by atoms with Crippen LogP contribution in [0, 0.1) is 0 Å². The molecule has 2 unspecified atom stereocenters. The molecular weight excluding hydrogens is 250 g/mol. The molecule has 1 aliphatic heterocycles. The quantitative estimate of drug-likeness (QED) is 0.862. The lowest BCUT2D eigenvalue weighted by molar-refractivity contribution is 0.117. The van der Waals surface area contributed by atoms with Gasteiger partial charge in [-0.25, -0.2) is 0 Å². The summed E-state index contributed by atoms with van der Waals surface area (Å²) in [6, 6.07) is 7.63. The summed E-state index contributed by atoms with van der Waals surface area (Å²) in [6.07, 6.45) is 2.39. The number of rotatable bonds is 5. The average molecular weight is 270 g/mol. The first-order valence-electron chi connectivity index (χ1n) is 6.49. The molecule has 0 radical (unpaired) electrons. The van der Waals surface area contributed by atoms with Crippen molar-refractivity contribution in [3.05, 3.63) is 34.9 Å². The van der Waals surface area contributed by atoms with Crippen LogP contribution in [0.4, 0.5) is 0 Å². The fourth-order valence-corrected chi connectivity index (χ4v) is 2.76. The third kappa shape index (κ3) is 3.45. The van der Waals surface area contributed by atoms with E-state index in [1.54, 1.807) is 12.1 Å². The molecule has 3 nitrogen and oxygen atoms in total. The number of nitrogens with zero attached hydrogens (tertiary/aromatic N) is 1. The van der Waals surface area contributed by atoms with Crippen LogP contribution in [0.25, 0.3) is 0 Å². The molecule has 1 aliphatic rings. The highest BCUT2D eigenvalue weighted by Gasteiger charge is 2.23. The zero-order valence-corrected chi connectivity index (χ0v) is 11.2. The molecule has 0 aromatic heterocycles. The van der Waals surface area contributed by atoms with E-state index < -0.39 is 6.10 Å². The SMILES string of the molecule is OCC1CCCN1CCC(O)c1cccc(Cl)c1. The largest absolute Gasteiger partial charge is 0.395 e. The minimum Gasteiger partial charge on any atom is -0.395 e. The molecule has 1 aromatic carbocycles. The molecule has 18 heavy (non-hydrogen) atoms. The molecule has 2 rings (SSSR count). The number of aliphatic hydroxyl groups excluding tert-OH is 2. The highest BCUT2D eigenvalue weighted by molar-refractivity contribution is 6.30. The van der Waals surface area contributed by atoms with Crippen LogP contribution < -0.4 is 0 Å². The monoisotopic (exact) mass is 269 g/mol. The van der Waals surface area contributed by atoms with E-state index in [1.807, 2.05) is 12.1 Å². The van der Waals surface area contributed by atoms with E-state index >= 15 is 0 Å². The first-order valence-corrected chi connectivity index (χ1v) is 6.87. The van der Waals surface area contributed by atoms with Crippen molar-refractivity contribution in [2.45, 2.75) is 31.4 Å². The van der Waals surface area contributed by atoms with E-state index in [9.17, 15) is 10.2 Å². The van der Waals surface area contributed by atoms with E-state index in [1.165, 1.54) is 0 Å². The van der Waals surface area contributed by atoms with Gasteiger partial charge < -0.3 is 10.2 Å². The van der Waals surface area contributed by atoms with Crippen LogP contribution in [-0.2, 0) is 0 Å². The van der Waals surface area contributed by atoms with Crippen LogP contribution in [-0.4, -0.2) is 40.9 Å². The summed E-state index contributed by atoms with van der Waals surface area (Å²) in [6.45, 7) is 2.06. The van der Waals surface area contributed by atoms with Crippen molar-refractivity contribution >= 4 is 11.6 Å². The number of aliphatic hydroxyl groups is 2. The molecule has 1 fully saturated rings. The van der Waals surface area contributed by atoms with Crippen LogP contribution in [0.1, 0.15) is 30.9 Å². The van der Waals surface area contributed by atoms with Gasteiger partial charge in [-0.1, -0.05) is 23.7 Å². The summed E-state index contributed by atoms with van der Waals surface area (Å²) in [5, 5.41) is 20.0. The summed E-state index contributed by atoms with van der Waals surface area (Å²) in [4.78, 5) is 2.26. The summed E-state index contributed by atoms with van der Waals surface area (Å²) < 4.78 is 0. The molecule has 4 heteroatoms. The van der Waals surface area contributed by atoms with Crippen LogP contribution in [0.3, 0.4) is 0 Å². The minimum absolute atomic E-state index is 0.216. The second-order valence-electron chi connectivity index (χ2n) is 4.87. The molecule has 1 aromatic rings. The van der Waals surface area contributed by atoms with Crippen molar-refractivity contribution in [1.29, 1.82) is 0 Å². The van der Waals surface area contributed by atoms with Crippen LogP contribution in [0.5, 0.6) is 0 Å². The van der Waals surface area contributed by atoms with Gasteiger partial charge in [0.2, 0.25) is 0 Å². The van der Waals surface area contributed by atoms with E-state index in [0.717, 1.165) is 31.5 Å². The lowest BCUT2D eigenvalue weighted by Crippen LogP contribution is -2.33. The van der Waals surface area contributed by atoms with Gasteiger partial charge in [0, 0.05) is 17.6 Å². The summed E-state index contributed by atoms with van der Waals surface area (Å²) in [5.41, 5.74) is 0.863. The van der Waals surface area contributed by atoms with Gasteiger partial charge in [-0.15, -0.1) is 0 Å². The van der Waals surface area contributed by atoms with Gasteiger partial charge in [-0.2, -0.15) is 0 Å². The Morgan fingerprint density at radius 3 is 3.00 bits per heavy atom. The molecule has 100 valence electrons. The predicted molar refractivity (Wildman–Crippen MR) is 72.7 cm³/mol. The summed E-state index contributed by atoms with van der Waals surface area (Å²) in [5.74, 6) is 0. The van der Waals surface area contributed by atoms with Crippen molar-refractivity contribution in [3.8, 4) is 0 Å². The van der Waals surface area contributed by atoms with E-state index in [-0.39, 0.29) is 12.6 Å². The van der Waals surface area contributed by atoms with Gasteiger partial charge in [-0.05, 0) is 43.5 Å². The van der Waals surface area contributed by atoms with E-state index in [4.69, 9.17) is 11.6 Å².